The van der Waals surface area contributed by atoms with E-state index in [0.29, 0.717) is 18.8 Å². The number of thioether (sulfide) groups is 1. The fourth-order valence-electron chi connectivity index (χ4n) is 3.69. The second-order valence-corrected chi connectivity index (χ2v) is 8.55. The Kier molecular flexibility index (Phi) is 7.50. The minimum atomic E-state index is 0.0288. The number of aromatic nitrogens is 4. The van der Waals surface area contributed by atoms with Crippen molar-refractivity contribution in [3.63, 3.8) is 0 Å². The predicted molar refractivity (Wildman–Crippen MR) is 124 cm³/mol. The minimum absolute atomic E-state index is 0.0288. The second-order valence-electron chi connectivity index (χ2n) is 7.61. The van der Waals surface area contributed by atoms with Gasteiger partial charge < -0.3 is 5.32 Å². The van der Waals surface area contributed by atoms with Crippen LogP contribution in [0.3, 0.4) is 0 Å². The van der Waals surface area contributed by atoms with Crippen molar-refractivity contribution in [2.45, 2.75) is 43.8 Å². The zero-order chi connectivity index (χ0) is 21.3. The molecule has 0 fully saturated rings. The van der Waals surface area contributed by atoms with Gasteiger partial charge in [0.1, 0.15) is 0 Å². The van der Waals surface area contributed by atoms with Gasteiger partial charge in [0.2, 0.25) is 5.91 Å². The summed E-state index contributed by atoms with van der Waals surface area (Å²) in [6, 6.07) is 14.1. The lowest BCUT2D eigenvalue weighted by atomic mass is 9.97. The van der Waals surface area contributed by atoms with E-state index < -0.39 is 0 Å². The highest BCUT2D eigenvalue weighted by Gasteiger charge is 2.16. The van der Waals surface area contributed by atoms with Gasteiger partial charge in [-0.15, -0.1) is 10.2 Å². The van der Waals surface area contributed by atoms with Crippen LogP contribution in [0.1, 0.15) is 37.7 Å². The lowest BCUT2D eigenvalue weighted by Crippen LogP contribution is -2.26. The molecule has 1 N–H and O–H groups in total. The molecule has 0 saturated carbocycles. The van der Waals surface area contributed by atoms with E-state index in [1.807, 2.05) is 30.3 Å². The van der Waals surface area contributed by atoms with Crippen LogP contribution < -0.4 is 5.32 Å². The Bertz CT molecular complexity index is 1020. The zero-order valence-electron chi connectivity index (χ0n) is 17.5. The number of carbonyl (C=O) groups is 1. The maximum Gasteiger partial charge on any atom is 0.230 e. The molecule has 3 aromatic rings. The van der Waals surface area contributed by atoms with Crippen LogP contribution in [0.25, 0.3) is 11.4 Å². The summed E-state index contributed by atoms with van der Waals surface area (Å²) in [5, 5.41) is 12.6. The van der Waals surface area contributed by atoms with Crippen LogP contribution in [0.15, 0.2) is 71.7 Å². The Hall–Kier alpha value is -2.93. The normalized spacial score (nSPS) is 13.6. The molecule has 1 aliphatic carbocycles. The van der Waals surface area contributed by atoms with Crippen molar-refractivity contribution >= 4 is 17.7 Å². The minimum Gasteiger partial charge on any atom is -0.355 e. The van der Waals surface area contributed by atoms with Gasteiger partial charge in [0.15, 0.2) is 11.0 Å². The van der Waals surface area contributed by atoms with Crippen molar-refractivity contribution in [3.05, 3.63) is 72.1 Å². The van der Waals surface area contributed by atoms with Gasteiger partial charge in [-0.1, -0.05) is 53.7 Å². The van der Waals surface area contributed by atoms with Gasteiger partial charge in [-0.05, 0) is 49.8 Å². The first-order valence-corrected chi connectivity index (χ1v) is 11.7. The maximum absolute atomic E-state index is 12.4. The monoisotopic (exact) mass is 433 g/mol. The zero-order valence-corrected chi connectivity index (χ0v) is 18.4. The predicted octanol–water partition coefficient (Wildman–Crippen LogP) is 4.49. The van der Waals surface area contributed by atoms with Gasteiger partial charge in [-0.2, -0.15) is 0 Å². The number of rotatable bonds is 9. The standard InChI is InChI=1S/C24H27N5OS/c30-22(26-16-11-19-7-3-1-4-8-19)18-31-24-28-27-23(21-12-14-25-15-13-21)29(24)17-20-9-5-2-6-10-20/h2,5-7,9-10,12-15H,1,3-4,8,11,16-18H2,(H,26,30). The Morgan fingerprint density at radius 3 is 2.68 bits per heavy atom. The van der Waals surface area contributed by atoms with Gasteiger partial charge >= 0.3 is 0 Å². The lowest BCUT2D eigenvalue weighted by Gasteiger charge is -2.13. The number of amides is 1. The van der Waals surface area contributed by atoms with E-state index in [1.165, 1.54) is 43.0 Å². The summed E-state index contributed by atoms with van der Waals surface area (Å²) in [7, 11) is 0. The summed E-state index contributed by atoms with van der Waals surface area (Å²) >= 11 is 1.42. The van der Waals surface area contributed by atoms with E-state index in [1.54, 1.807) is 12.4 Å². The molecule has 7 heteroatoms. The summed E-state index contributed by atoms with van der Waals surface area (Å²) in [6.45, 7) is 1.34. The van der Waals surface area contributed by atoms with Crippen LogP contribution in [-0.2, 0) is 11.3 Å². The van der Waals surface area contributed by atoms with Gasteiger partial charge in [-0.25, -0.2) is 0 Å². The maximum atomic E-state index is 12.4. The third-order valence-corrected chi connectivity index (χ3v) is 6.29. The molecule has 6 nitrogen and oxygen atoms in total. The molecule has 0 bridgehead atoms. The fourth-order valence-corrected chi connectivity index (χ4v) is 4.46. The molecule has 1 amide bonds. The number of pyridine rings is 1. The largest absolute Gasteiger partial charge is 0.355 e. The van der Waals surface area contributed by atoms with Crippen molar-refractivity contribution < 1.29 is 4.79 Å². The molecule has 0 spiro atoms. The number of allylic oxidation sites excluding steroid dienone is 1. The van der Waals surface area contributed by atoms with Crippen LogP contribution in [0, 0.1) is 0 Å². The van der Waals surface area contributed by atoms with Crippen molar-refractivity contribution in [1.82, 2.24) is 25.1 Å². The smallest absolute Gasteiger partial charge is 0.230 e. The third kappa shape index (κ3) is 6.04. The molecule has 31 heavy (non-hydrogen) atoms. The molecule has 0 saturated heterocycles. The molecule has 0 unspecified atom stereocenters. The molecular formula is C24H27N5OS. The molecule has 1 aromatic carbocycles. The van der Waals surface area contributed by atoms with Gasteiger partial charge in [0.25, 0.3) is 0 Å². The first-order valence-electron chi connectivity index (χ1n) is 10.7. The van der Waals surface area contributed by atoms with Crippen LogP contribution in [-0.4, -0.2) is 38.0 Å². The first kappa shape index (κ1) is 21.3. The topological polar surface area (TPSA) is 72.7 Å². The van der Waals surface area contributed by atoms with E-state index in [2.05, 4.69) is 43.3 Å². The average molecular weight is 434 g/mol. The molecule has 160 valence electrons. The Morgan fingerprint density at radius 2 is 1.90 bits per heavy atom. The van der Waals surface area contributed by atoms with Crippen LogP contribution in [0.5, 0.6) is 0 Å². The molecule has 2 aromatic heterocycles. The summed E-state index contributed by atoms with van der Waals surface area (Å²) < 4.78 is 2.06. The molecular weight excluding hydrogens is 406 g/mol. The van der Waals surface area contributed by atoms with E-state index in [9.17, 15) is 4.79 Å². The van der Waals surface area contributed by atoms with Crippen LogP contribution in [0.4, 0.5) is 0 Å². The highest BCUT2D eigenvalue weighted by molar-refractivity contribution is 7.99. The fraction of sp³-hybridized carbons (Fsp3) is 0.333. The first-order chi connectivity index (χ1) is 15.3. The van der Waals surface area contributed by atoms with Gasteiger partial charge in [-0.3, -0.25) is 14.3 Å². The molecule has 0 atom stereocenters. The SMILES string of the molecule is O=C(CSc1nnc(-c2ccncc2)n1Cc1ccccc1)NCCC1=CCCCC1. The number of hydrogen-bond acceptors (Lipinski definition) is 5. The van der Waals surface area contributed by atoms with Crippen molar-refractivity contribution in [2.24, 2.45) is 0 Å². The molecule has 0 aliphatic heterocycles. The summed E-state index contributed by atoms with van der Waals surface area (Å²) in [6.07, 6.45) is 11.7. The summed E-state index contributed by atoms with van der Waals surface area (Å²) in [4.78, 5) is 16.5. The Labute approximate surface area is 187 Å². The molecule has 4 rings (SSSR count). The summed E-state index contributed by atoms with van der Waals surface area (Å²) in [5.41, 5.74) is 3.59. The lowest BCUT2D eigenvalue weighted by molar-refractivity contribution is -0.118. The van der Waals surface area contributed by atoms with E-state index in [-0.39, 0.29) is 5.91 Å². The van der Waals surface area contributed by atoms with E-state index in [0.717, 1.165) is 28.5 Å². The van der Waals surface area contributed by atoms with Crippen LogP contribution >= 0.6 is 11.8 Å². The summed E-state index contributed by atoms with van der Waals surface area (Å²) in [5.74, 6) is 1.13. The van der Waals surface area contributed by atoms with Gasteiger partial charge in [0.05, 0.1) is 12.3 Å². The quantitative estimate of drug-likeness (QED) is 0.398. The molecule has 1 aliphatic rings. The van der Waals surface area contributed by atoms with Crippen molar-refractivity contribution in [2.75, 3.05) is 12.3 Å². The third-order valence-electron chi connectivity index (χ3n) is 5.32. The Balaban J connectivity index is 1.40. The number of benzene rings is 1. The number of carbonyl (C=O) groups excluding carboxylic acids is 1. The number of nitrogens with one attached hydrogen (secondary N) is 1. The molecule has 0 radical (unpaired) electrons. The molecule has 2 heterocycles. The van der Waals surface area contributed by atoms with E-state index >= 15 is 0 Å². The number of nitrogens with zero attached hydrogens (tertiary/aromatic N) is 4. The number of hydrogen-bond donors (Lipinski definition) is 1. The van der Waals surface area contributed by atoms with Gasteiger partial charge in [0, 0.05) is 24.5 Å². The average Bonchev–Trinajstić information content (AvgIpc) is 3.22. The highest BCUT2D eigenvalue weighted by Crippen LogP contribution is 2.25. The van der Waals surface area contributed by atoms with Crippen molar-refractivity contribution in [1.29, 1.82) is 0 Å². The highest BCUT2D eigenvalue weighted by atomic mass is 32.2. The van der Waals surface area contributed by atoms with Crippen molar-refractivity contribution in [3.8, 4) is 11.4 Å². The van der Waals surface area contributed by atoms with E-state index in [4.69, 9.17) is 0 Å². The van der Waals surface area contributed by atoms with Crippen LogP contribution in [0.2, 0.25) is 0 Å². The second kappa shape index (κ2) is 10.9. The Morgan fingerprint density at radius 1 is 1.06 bits per heavy atom.